The SMILES string of the molecule is CCOc1ccccc1NC(=O)c1c(/N=C/c2cccc(OC)c2OC)sc2c1CCCC2. The van der Waals surface area contributed by atoms with Crippen molar-refractivity contribution in [2.75, 3.05) is 26.1 Å². The highest BCUT2D eigenvalue weighted by atomic mass is 32.1. The van der Waals surface area contributed by atoms with Crippen LogP contribution in [0.1, 0.15) is 46.1 Å². The lowest BCUT2D eigenvalue weighted by Crippen LogP contribution is -2.15. The molecule has 0 saturated carbocycles. The summed E-state index contributed by atoms with van der Waals surface area (Å²) in [6.45, 7) is 2.45. The second-order valence-electron chi connectivity index (χ2n) is 7.62. The molecule has 172 valence electrons. The number of fused-ring (bicyclic) bond motifs is 1. The van der Waals surface area contributed by atoms with E-state index in [9.17, 15) is 4.79 Å². The first kappa shape index (κ1) is 22.9. The Morgan fingerprint density at radius 2 is 1.85 bits per heavy atom. The molecule has 33 heavy (non-hydrogen) atoms. The summed E-state index contributed by atoms with van der Waals surface area (Å²) >= 11 is 1.60. The molecule has 1 aliphatic rings. The third-order valence-corrected chi connectivity index (χ3v) is 6.77. The molecule has 1 amide bonds. The number of para-hydroxylation sites is 3. The molecule has 1 aliphatic carbocycles. The molecule has 2 aromatic carbocycles. The number of hydrogen-bond donors (Lipinski definition) is 1. The normalized spacial score (nSPS) is 12.9. The van der Waals surface area contributed by atoms with Gasteiger partial charge in [0.1, 0.15) is 10.8 Å². The number of aryl methyl sites for hydroxylation is 1. The van der Waals surface area contributed by atoms with E-state index < -0.39 is 0 Å². The Kier molecular flexibility index (Phi) is 7.29. The Morgan fingerprint density at radius 1 is 1.06 bits per heavy atom. The van der Waals surface area contributed by atoms with Gasteiger partial charge in [0.15, 0.2) is 11.5 Å². The van der Waals surface area contributed by atoms with Gasteiger partial charge in [-0.3, -0.25) is 4.79 Å². The van der Waals surface area contributed by atoms with E-state index >= 15 is 0 Å². The van der Waals surface area contributed by atoms with Crippen molar-refractivity contribution in [2.24, 2.45) is 4.99 Å². The molecule has 1 aromatic heterocycles. The van der Waals surface area contributed by atoms with Crippen molar-refractivity contribution >= 4 is 34.1 Å². The van der Waals surface area contributed by atoms with Crippen molar-refractivity contribution in [3.05, 3.63) is 64.0 Å². The minimum absolute atomic E-state index is 0.161. The number of methoxy groups -OCH3 is 2. The molecule has 1 N–H and O–H groups in total. The van der Waals surface area contributed by atoms with Crippen LogP contribution in [0, 0.1) is 0 Å². The third-order valence-electron chi connectivity index (χ3n) is 5.57. The van der Waals surface area contributed by atoms with Gasteiger partial charge in [0, 0.05) is 16.7 Å². The average molecular weight is 465 g/mol. The van der Waals surface area contributed by atoms with Gasteiger partial charge in [-0.25, -0.2) is 4.99 Å². The summed E-state index contributed by atoms with van der Waals surface area (Å²) in [4.78, 5) is 19.5. The second-order valence-corrected chi connectivity index (χ2v) is 8.70. The molecule has 0 spiro atoms. The van der Waals surface area contributed by atoms with E-state index in [0.717, 1.165) is 36.8 Å². The number of ether oxygens (including phenoxy) is 3. The van der Waals surface area contributed by atoms with Crippen LogP contribution >= 0.6 is 11.3 Å². The number of amides is 1. The fourth-order valence-corrected chi connectivity index (χ4v) is 5.28. The predicted octanol–water partition coefficient (Wildman–Crippen LogP) is 6.05. The zero-order valence-corrected chi connectivity index (χ0v) is 20.0. The first-order valence-electron chi connectivity index (χ1n) is 11.1. The largest absolute Gasteiger partial charge is 0.493 e. The molecule has 0 unspecified atom stereocenters. The van der Waals surface area contributed by atoms with Crippen molar-refractivity contribution in [2.45, 2.75) is 32.6 Å². The quantitative estimate of drug-likeness (QED) is 0.412. The molecule has 1 heterocycles. The van der Waals surface area contributed by atoms with Crippen molar-refractivity contribution in [1.82, 2.24) is 0 Å². The zero-order valence-electron chi connectivity index (χ0n) is 19.1. The summed E-state index contributed by atoms with van der Waals surface area (Å²) in [5.41, 5.74) is 3.21. The molecule has 6 nitrogen and oxygen atoms in total. The first-order chi connectivity index (χ1) is 16.2. The highest BCUT2D eigenvalue weighted by Gasteiger charge is 2.26. The van der Waals surface area contributed by atoms with Crippen LogP contribution < -0.4 is 19.5 Å². The van der Waals surface area contributed by atoms with E-state index in [1.54, 1.807) is 31.8 Å². The third kappa shape index (κ3) is 4.88. The molecule has 0 radical (unpaired) electrons. The van der Waals surface area contributed by atoms with Crippen LogP contribution in [0.25, 0.3) is 0 Å². The van der Waals surface area contributed by atoms with Gasteiger partial charge < -0.3 is 19.5 Å². The van der Waals surface area contributed by atoms with Gasteiger partial charge in [0.25, 0.3) is 5.91 Å². The van der Waals surface area contributed by atoms with Crippen LogP contribution in [0.3, 0.4) is 0 Å². The molecule has 0 fully saturated rings. The topological polar surface area (TPSA) is 69.2 Å². The Labute approximate surface area is 198 Å². The summed E-state index contributed by atoms with van der Waals surface area (Å²) in [6, 6.07) is 13.1. The lowest BCUT2D eigenvalue weighted by atomic mass is 9.95. The van der Waals surface area contributed by atoms with Gasteiger partial charge in [0.2, 0.25) is 0 Å². The van der Waals surface area contributed by atoms with Crippen LogP contribution in [0.4, 0.5) is 10.7 Å². The number of rotatable bonds is 8. The molecule has 0 bridgehead atoms. The van der Waals surface area contributed by atoms with E-state index in [-0.39, 0.29) is 5.91 Å². The number of thiophene rings is 1. The van der Waals surface area contributed by atoms with Gasteiger partial charge in [-0.15, -0.1) is 11.3 Å². The Morgan fingerprint density at radius 3 is 2.64 bits per heavy atom. The maximum atomic E-state index is 13.5. The lowest BCUT2D eigenvalue weighted by molar-refractivity contribution is 0.102. The maximum Gasteiger partial charge on any atom is 0.259 e. The fraction of sp³-hybridized carbons (Fsp3) is 0.308. The van der Waals surface area contributed by atoms with Gasteiger partial charge in [0.05, 0.1) is 32.1 Å². The zero-order chi connectivity index (χ0) is 23.2. The molecular weight excluding hydrogens is 436 g/mol. The number of aliphatic imine (C=N–C) groups is 1. The van der Waals surface area contributed by atoms with E-state index in [2.05, 4.69) is 5.32 Å². The number of benzene rings is 2. The van der Waals surface area contributed by atoms with E-state index in [0.29, 0.717) is 40.1 Å². The Balaban J connectivity index is 1.71. The molecule has 7 heteroatoms. The summed E-state index contributed by atoms with van der Waals surface area (Å²) in [7, 11) is 3.21. The average Bonchev–Trinajstić information content (AvgIpc) is 3.22. The highest BCUT2D eigenvalue weighted by molar-refractivity contribution is 7.16. The van der Waals surface area contributed by atoms with Crippen molar-refractivity contribution in [1.29, 1.82) is 0 Å². The Hall–Kier alpha value is -3.32. The predicted molar refractivity (Wildman–Crippen MR) is 133 cm³/mol. The van der Waals surface area contributed by atoms with Gasteiger partial charge in [-0.2, -0.15) is 0 Å². The monoisotopic (exact) mass is 464 g/mol. The summed E-state index contributed by atoms with van der Waals surface area (Å²) in [5, 5.41) is 3.76. The minimum Gasteiger partial charge on any atom is -0.493 e. The van der Waals surface area contributed by atoms with Crippen molar-refractivity contribution < 1.29 is 19.0 Å². The standard InChI is InChI=1S/C26H28N2O4S/c1-4-32-20-13-7-6-12-19(20)28-25(29)23-18-11-5-8-15-22(18)33-26(23)27-16-17-10-9-14-21(30-2)24(17)31-3/h6-7,9-10,12-14,16H,4-5,8,11,15H2,1-3H3,(H,28,29)/b27-16+. The van der Waals surface area contributed by atoms with E-state index in [4.69, 9.17) is 19.2 Å². The summed E-state index contributed by atoms with van der Waals surface area (Å²) in [5.74, 6) is 1.74. The number of hydrogen-bond acceptors (Lipinski definition) is 6. The number of carbonyl (C=O) groups excluding carboxylic acids is 1. The molecule has 0 aliphatic heterocycles. The molecule has 3 aromatic rings. The van der Waals surface area contributed by atoms with E-state index in [1.165, 1.54) is 4.88 Å². The Bertz CT molecular complexity index is 1170. The molecular formula is C26H28N2O4S. The molecule has 0 saturated heterocycles. The van der Waals surface area contributed by atoms with Crippen LogP contribution in [0.2, 0.25) is 0 Å². The van der Waals surface area contributed by atoms with Gasteiger partial charge in [-0.1, -0.05) is 18.2 Å². The van der Waals surface area contributed by atoms with Gasteiger partial charge >= 0.3 is 0 Å². The fourth-order valence-electron chi connectivity index (χ4n) is 4.05. The number of nitrogens with one attached hydrogen (secondary N) is 1. The minimum atomic E-state index is -0.161. The number of carbonyl (C=O) groups is 1. The van der Waals surface area contributed by atoms with Crippen LogP contribution in [0.5, 0.6) is 17.2 Å². The van der Waals surface area contributed by atoms with E-state index in [1.807, 2.05) is 49.4 Å². The number of anilines is 1. The van der Waals surface area contributed by atoms with Crippen LogP contribution in [-0.4, -0.2) is 32.9 Å². The summed E-state index contributed by atoms with van der Waals surface area (Å²) in [6.07, 6.45) is 5.82. The van der Waals surface area contributed by atoms with Crippen molar-refractivity contribution in [3.63, 3.8) is 0 Å². The molecule has 0 atom stereocenters. The molecule has 4 rings (SSSR count). The van der Waals surface area contributed by atoms with Crippen molar-refractivity contribution in [3.8, 4) is 17.2 Å². The smallest absolute Gasteiger partial charge is 0.259 e. The second kappa shape index (κ2) is 10.5. The summed E-state index contributed by atoms with van der Waals surface area (Å²) < 4.78 is 16.6. The maximum absolute atomic E-state index is 13.5. The van der Waals surface area contributed by atoms with Crippen LogP contribution in [-0.2, 0) is 12.8 Å². The highest BCUT2D eigenvalue weighted by Crippen LogP contribution is 2.41. The van der Waals surface area contributed by atoms with Crippen LogP contribution in [0.15, 0.2) is 47.5 Å². The number of nitrogens with zero attached hydrogens (tertiary/aromatic N) is 1. The lowest BCUT2D eigenvalue weighted by Gasteiger charge is -2.14. The van der Waals surface area contributed by atoms with Gasteiger partial charge in [-0.05, 0) is 62.4 Å². The first-order valence-corrected chi connectivity index (χ1v) is 11.9.